The normalized spacial score (nSPS) is 30.7. The molecule has 2 aromatic carbocycles. The molecule has 254 valence electrons. The number of hydrogen-bond acceptors (Lipinski definition) is 5. The lowest BCUT2D eigenvalue weighted by Crippen LogP contribution is -2.57. The van der Waals surface area contributed by atoms with Crippen molar-refractivity contribution in [2.45, 2.75) is 113 Å². The number of nitrogens with zero attached hydrogens (tertiary/aromatic N) is 3. The number of likely N-dealkylation sites (N-methyl/N-ethyl adjacent to an activating group) is 1. The van der Waals surface area contributed by atoms with E-state index in [9.17, 15) is 13.2 Å². The third-order valence-electron chi connectivity index (χ3n) is 13.4. The summed E-state index contributed by atoms with van der Waals surface area (Å²) in [5.74, 6) is -0.455. The highest BCUT2D eigenvalue weighted by Gasteiger charge is 2.73. The van der Waals surface area contributed by atoms with E-state index in [1.807, 2.05) is 18.2 Å². The zero-order valence-corrected chi connectivity index (χ0v) is 29.0. The van der Waals surface area contributed by atoms with Crippen LogP contribution in [-0.4, -0.2) is 71.6 Å². The van der Waals surface area contributed by atoms with E-state index in [2.05, 4.69) is 33.1 Å². The minimum absolute atomic E-state index is 0.174. The van der Waals surface area contributed by atoms with Crippen LogP contribution in [0.2, 0.25) is 0 Å². The summed E-state index contributed by atoms with van der Waals surface area (Å²) in [5.41, 5.74) is 3.95. The largest absolute Gasteiger partial charge is 0.339 e. The van der Waals surface area contributed by atoms with Gasteiger partial charge in [-0.15, -0.1) is 0 Å². The Labute approximate surface area is 282 Å². The topological polar surface area (TPSA) is 91.7 Å². The molecule has 2 amide bonds. The molecule has 3 aromatic rings. The van der Waals surface area contributed by atoms with Crippen LogP contribution in [0.1, 0.15) is 105 Å². The smallest absolute Gasteiger partial charge is 0.264 e. The molecule has 9 rings (SSSR count). The zero-order valence-electron chi connectivity index (χ0n) is 28.1. The van der Waals surface area contributed by atoms with E-state index in [1.165, 1.54) is 18.1 Å². The average molecular weight is 673 g/mol. The SMILES string of the molecule is CN1CC2CCC(C1)N2C(=O)[C@@]12Cn3c(c(C4CCCCC4)c4ccc(C(=O)NS(=O)(=O)C5(C)CC5)cc43)-c3ccc(F)cc3[C@]1(C)C2. The first-order valence-electron chi connectivity index (χ1n) is 17.9. The van der Waals surface area contributed by atoms with Crippen molar-refractivity contribution in [1.82, 2.24) is 19.1 Å². The number of likely N-dealkylation sites (tertiary alicyclic amines) is 1. The molecular formula is C38H45FN4O4S. The molecule has 2 bridgehead atoms. The summed E-state index contributed by atoms with van der Waals surface area (Å²) in [4.78, 5) is 33.2. The maximum atomic E-state index is 15.2. The average Bonchev–Trinajstić information content (AvgIpc) is 3.90. The van der Waals surface area contributed by atoms with E-state index in [0.29, 0.717) is 31.7 Å². The Morgan fingerprint density at radius 1 is 0.938 bits per heavy atom. The van der Waals surface area contributed by atoms with E-state index in [4.69, 9.17) is 0 Å². The van der Waals surface area contributed by atoms with Gasteiger partial charge in [0.15, 0.2) is 0 Å². The third-order valence-corrected chi connectivity index (χ3v) is 15.5. The Bertz CT molecular complexity index is 2000. The van der Waals surface area contributed by atoms with Gasteiger partial charge in [0.2, 0.25) is 15.9 Å². The molecule has 0 radical (unpaired) electrons. The highest BCUT2D eigenvalue weighted by atomic mass is 32.2. The van der Waals surface area contributed by atoms with Crippen molar-refractivity contribution < 1.29 is 22.4 Å². The number of piperazine rings is 1. The number of hydrogen-bond donors (Lipinski definition) is 1. The van der Waals surface area contributed by atoms with E-state index in [0.717, 1.165) is 79.3 Å². The molecule has 8 nitrogen and oxygen atoms in total. The van der Waals surface area contributed by atoms with Crippen molar-refractivity contribution in [1.29, 1.82) is 0 Å². The molecular weight excluding hydrogens is 628 g/mol. The summed E-state index contributed by atoms with van der Waals surface area (Å²) in [5, 5.41) is 1.03. The van der Waals surface area contributed by atoms with Gasteiger partial charge in [-0.2, -0.15) is 0 Å². The van der Waals surface area contributed by atoms with Gasteiger partial charge >= 0.3 is 0 Å². The molecule has 2 unspecified atom stereocenters. The highest BCUT2D eigenvalue weighted by molar-refractivity contribution is 7.91. The number of fused-ring (bicyclic) bond motifs is 9. The van der Waals surface area contributed by atoms with Gasteiger partial charge in [0.1, 0.15) is 5.82 Å². The number of benzene rings is 2. The standard InChI is InChI=1S/C38H45FN4O4S/c1-36(15-16-36)48(46,47)40-34(44)24-9-13-29-31(17-24)42-22-38(35(45)43-26-11-12-27(43)20-41(3)19-26)21-37(38,2)30-18-25(39)10-14-28(30)33(42)32(29)23-7-5-4-6-8-23/h9-10,13-14,17-18,23,26-27H,4-8,11-12,15-16,19-22H2,1-3H3,(H,40,44)/t26?,27?,37-,38+/m0/s1. The van der Waals surface area contributed by atoms with Crippen molar-refractivity contribution in [2.24, 2.45) is 5.41 Å². The zero-order chi connectivity index (χ0) is 33.4. The Kier molecular flexibility index (Phi) is 6.51. The first kappa shape index (κ1) is 30.8. The second-order valence-corrected chi connectivity index (χ2v) is 18.6. The van der Waals surface area contributed by atoms with Gasteiger partial charge in [0, 0.05) is 59.2 Å². The van der Waals surface area contributed by atoms with Gasteiger partial charge in [-0.3, -0.25) is 9.59 Å². The van der Waals surface area contributed by atoms with Gasteiger partial charge in [0.05, 0.1) is 15.9 Å². The lowest BCUT2D eigenvalue weighted by Gasteiger charge is -2.42. The van der Waals surface area contributed by atoms with Gasteiger partial charge in [-0.1, -0.05) is 32.3 Å². The van der Waals surface area contributed by atoms with E-state index < -0.39 is 31.5 Å². The van der Waals surface area contributed by atoms with Crippen LogP contribution in [-0.2, 0) is 26.8 Å². The number of amides is 2. The van der Waals surface area contributed by atoms with E-state index in [1.54, 1.807) is 19.1 Å². The molecule has 1 N–H and O–H groups in total. The molecule has 48 heavy (non-hydrogen) atoms. The number of rotatable bonds is 5. The summed E-state index contributed by atoms with van der Waals surface area (Å²) in [6.45, 7) is 5.99. The molecule has 1 aromatic heterocycles. The minimum Gasteiger partial charge on any atom is -0.339 e. The van der Waals surface area contributed by atoms with Crippen LogP contribution in [0, 0.1) is 11.2 Å². The molecule has 10 heteroatoms. The summed E-state index contributed by atoms with van der Waals surface area (Å²) >= 11 is 0. The summed E-state index contributed by atoms with van der Waals surface area (Å²) < 4.78 is 45.0. The molecule has 2 saturated heterocycles. The van der Waals surface area contributed by atoms with Crippen LogP contribution in [0.4, 0.5) is 4.39 Å². The fourth-order valence-electron chi connectivity index (χ4n) is 10.2. The van der Waals surface area contributed by atoms with Crippen molar-refractivity contribution in [3.63, 3.8) is 0 Å². The third kappa shape index (κ3) is 4.23. The number of carbonyl (C=O) groups is 2. The predicted molar refractivity (Wildman–Crippen MR) is 183 cm³/mol. The van der Waals surface area contributed by atoms with E-state index in [-0.39, 0.29) is 29.4 Å². The summed E-state index contributed by atoms with van der Waals surface area (Å²) in [7, 11) is -1.68. The quantitative estimate of drug-likeness (QED) is 0.355. The Balaban J connectivity index is 1.24. The fraction of sp³-hybridized carbons (Fsp3) is 0.579. The van der Waals surface area contributed by atoms with Crippen molar-refractivity contribution in [3.05, 3.63) is 58.9 Å². The molecule has 3 aliphatic heterocycles. The molecule has 6 aliphatic rings. The van der Waals surface area contributed by atoms with Crippen LogP contribution >= 0.6 is 0 Å². The number of aromatic nitrogens is 1. The lowest BCUT2D eigenvalue weighted by molar-refractivity contribution is -0.144. The number of nitrogens with one attached hydrogen (secondary N) is 1. The highest BCUT2D eigenvalue weighted by Crippen LogP contribution is 2.70. The first-order chi connectivity index (χ1) is 22.9. The van der Waals surface area contributed by atoms with Crippen LogP contribution in [0.5, 0.6) is 0 Å². The molecule has 4 atom stereocenters. The van der Waals surface area contributed by atoms with E-state index >= 15 is 9.18 Å². The number of carbonyl (C=O) groups excluding carboxylic acids is 2. The number of halogens is 1. The van der Waals surface area contributed by atoms with Gasteiger partial charge in [-0.25, -0.2) is 17.5 Å². The second kappa shape index (κ2) is 10.2. The molecule has 4 heterocycles. The first-order valence-corrected chi connectivity index (χ1v) is 19.4. The molecule has 5 fully saturated rings. The van der Waals surface area contributed by atoms with Crippen molar-refractivity contribution in [2.75, 3.05) is 20.1 Å². The lowest BCUT2D eigenvalue weighted by atomic mass is 9.79. The Morgan fingerprint density at radius 3 is 2.33 bits per heavy atom. The Morgan fingerprint density at radius 2 is 1.65 bits per heavy atom. The Hall–Kier alpha value is -3.24. The van der Waals surface area contributed by atoms with Gasteiger partial charge < -0.3 is 14.4 Å². The second-order valence-electron chi connectivity index (χ2n) is 16.4. The summed E-state index contributed by atoms with van der Waals surface area (Å²) in [6.07, 6.45) is 9.29. The molecule has 3 saturated carbocycles. The molecule has 3 aliphatic carbocycles. The molecule has 0 spiro atoms. The maximum Gasteiger partial charge on any atom is 0.264 e. The predicted octanol–water partition coefficient (Wildman–Crippen LogP) is 6.07. The fourth-order valence-corrected chi connectivity index (χ4v) is 11.4. The van der Waals surface area contributed by atoms with Gasteiger partial charge in [-0.05, 0) is 106 Å². The van der Waals surface area contributed by atoms with Crippen LogP contribution in [0.15, 0.2) is 36.4 Å². The monoisotopic (exact) mass is 672 g/mol. The number of sulfonamides is 1. The minimum atomic E-state index is -3.81. The van der Waals surface area contributed by atoms with Gasteiger partial charge in [0.25, 0.3) is 5.91 Å². The van der Waals surface area contributed by atoms with Crippen LogP contribution in [0.25, 0.3) is 22.2 Å². The maximum absolute atomic E-state index is 15.2. The van der Waals surface area contributed by atoms with Crippen molar-refractivity contribution in [3.8, 4) is 11.3 Å². The summed E-state index contributed by atoms with van der Waals surface area (Å²) in [6, 6.07) is 11.0. The van der Waals surface area contributed by atoms with Crippen LogP contribution < -0.4 is 4.72 Å². The van der Waals surface area contributed by atoms with Crippen LogP contribution in [0.3, 0.4) is 0 Å². The van der Waals surface area contributed by atoms with Crippen molar-refractivity contribution >= 4 is 32.7 Å².